The van der Waals surface area contributed by atoms with Gasteiger partial charge in [-0.3, -0.25) is 14.7 Å². The molecule has 3 aromatic rings. The molecule has 7 heteroatoms. The predicted octanol–water partition coefficient (Wildman–Crippen LogP) is 3.01. The van der Waals surface area contributed by atoms with Crippen molar-refractivity contribution in [2.45, 2.75) is 19.0 Å². The van der Waals surface area contributed by atoms with Gasteiger partial charge in [-0.15, -0.1) is 0 Å². The van der Waals surface area contributed by atoms with E-state index in [0.29, 0.717) is 22.6 Å². The van der Waals surface area contributed by atoms with E-state index in [4.69, 9.17) is 20.2 Å². The number of carbonyl (C=O) groups excluding carboxylic acids is 1. The highest BCUT2D eigenvalue weighted by Crippen LogP contribution is 2.41. The van der Waals surface area contributed by atoms with Gasteiger partial charge in [0.25, 0.3) is 5.91 Å². The van der Waals surface area contributed by atoms with E-state index in [2.05, 4.69) is 4.98 Å². The number of benzene rings is 2. The van der Waals surface area contributed by atoms with Gasteiger partial charge in [-0.25, -0.2) is 4.99 Å². The number of nitrogens with two attached hydrogens (primary N) is 1. The van der Waals surface area contributed by atoms with E-state index >= 15 is 0 Å². The Kier molecular flexibility index (Phi) is 5.33. The van der Waals surface area contributed by atoms with E-state index in [9.17, 15) is 4.79 Å². The molecule has 0 unspecified atom stereocenters. The number of guanidine groups is 1. The van der Waals surface area contributed by atoms with Gasteiger partial charge in [0.1, 0.15) is 11.5 Å². The molecule has 158 valence electrons. The maximum Gasteiger partial charge on any atom is 0.266 e. The molecule has 0 radical (unpaired) electrons. The average Bonchev–Trinajstić information content (AvgIpc) is 3.06. The van der Waals surface area contributed by atoms with Crippen molar-refractivity contribution < 1.29 is 14.3 Å². The van der Waals surface area contributed by atoms with Gasteiger partial charge in [-0.05, 0) is 53.9 Å². The van der Waals surface area contributed by atoms with Crippen molar-refractivity contribution in [2.24, 2.45) is 10.7 Å². The Morgan fingerprint density at radius 3 is 1.97 bits per heavy atom. The van der Waals surface area contributed by atoms with Crippen molar-refractivity contribution >= 4 is 11.9 Å². The van der Waals surface area contributed by atoms with Crippen LogP contribution in [0.15, 0.2) is 71.9 Å². The number of amides is 1. The number of hydrogen-bond donors (Lipinski definition) is 1. The molecular formula is C24H24N4O3. The summed E-state index contributed by atoms with van der Waals surface area (Å²) in [4.78, 5) is 24.5. The molecule has 7 nitrogen and oxygen atoms in total. The van der Waals surface area contributed by atoms with Crippen LogP contribution in [0.3, 0.4) is 0 Å². The van der Waals surface area contributed by atoms with Gasteiger partial charge in [0.2, 0.25) is 0 Å². The third-order valence-electron chi connectivity index (χ3n) is 5.55. The van der Waals surface area contributed by atoms with Gasteiger partial charge >= 0.3 is 0 Å². The standard InChI is InChI=1S/C24H24N4O3/c1-16-5-4-14-26-21(16)15-28-22(29)24(27-23(28)25,17-6-10-19(30-2)11-7-17)18-8-12-20(31-3)13-9-18/h4-14H,15H2,1-3H3,(H2,25,27). The molecule has 2 aromatic carbocycles. The Morgan fingerprint density at radius 2 is 1.48 bits per heavy atom. The summed E-state index contributed by atoms with van der Waals surface area (Å²) >= 11 is 0. The van der Waals surface area contributed by atoms with E-state index in [-0.39, 0.29) is 18.4 Å². The van der Waals surface area contributed by atoms with E-state index in [1.165, 1.54) is 4.90 Å². The summed E-state index contributed by atoms with van der Waals surface area (Å²) in [6.45, 7) is 2.20. The molecule has 4 rings (SSSR count). The van der Waals surface area contributed by atoms with Crippen molar-refractivity contribution in [1.29, 1.82) is 0 Å². The van der Waals surface area contributed by atoms with E-state index in [1.54, 1.807) is 20.4 Å². The molecule has 0 bridgehead atoms. The summed E-state index contributed by atoms with van der Waals surface area (Å²) in [5.41, 5.74) is 8.16. The summed E-state index contributed by atoms with van der Waals surface area (Å²) in [5.74, 6) is 1.31. The zero-order valence-corrected chi connectivity index (χ0v) is 17.7. The molecule has 1 aliphatic rings. The van der Waals surface area contributed by atoms with Crippen LogP contribution in [0.4, 0.5) is 0 Å². The Bertz CT molecular complexity index is 1080. The van der Waals surface area contributed by atoms with E-state index in [0.717, 1.165) is 11.3 Å². The fraction of sp³-hybridized carbons (Fsp3) is 0.208. The number of ether oxygens (including phenoxy) is 2. The molecule has 31 heavy (non-hydrogen) atoms. The van der Waals surface area contributed by atoms with Crippen LogP contribution < -0.4 is 15.2 Å². The van der Waals surface area contributed by atoms with Crippen LogP contribution in [0.1, 0.15) is 22.4 Å². The van der Waals surface area contributed by atoms with Crippen LogP contribution in [0.25, 0.3) is 0 Å². The van der Waals surface area contributed by atoms with Crippen LogP contribution in [0.2, 0.25) is 0 Å². The van der Waals surface area contributed by atoms with Gasteiger partial charge in [-0.2, -0.15) is 0 Å². The second-order valence-corrected chi connectivity index (χ2v) is 7.30. The number of hydrogen-bond acceptors (Lipinski definition) is 6. The Balaban J connectivity index is 1.82. The Morgan fingerprint density at radius 1 is 0.935 bits per heavy atom. The van der Waals surface area contributed by atoms with Crippen LogP contribution in [-0.2, 0) is 16.9 Å². The molecule has 0 saturated carbocycles. The fourth-order valence-electron chi connectivity index (χ4n) is 3.77. The van der Waals surface area contributed by atoms with Crippen molar-refractivity contribution in [3.05, 3.63) is 89.2 Å². The second-order valence-electron chi connectivity index (χ2n) is 7.30. The summed E-state index contributed by atoms with van der Waals surface area (Å²) in [6, 6.07) is 18.4. The zero-order valence-electron chi connectivity index (χ0n) is 17.7. The van der Waals surface area contributed by atoms with Gasteiger partial charge in [0, 0.05) is 6.20 Å². The normalized spacial score (nSPS) is 15.0. The van der Waals surface area contributed by atoms with Crippen LogP contribution in [0, 0.1) is 6.92 Å². The Hall–Kier alpha value is -3.87. The highest BCUT2D eigenvalue weighted by atomic mass is 16.5. The zero-order chi connectivity index (χ0) is 22.0. The number of aromatic nitrogens is 1. The van der Waals surface area contributed by atoms with Gasteiger partial charge in [0.05, 0.1) is 26.5 Å². The van der Waals surface area contributed by atoms with Gasteiger partial charge in [-0.1, -0.05) is 30.3 Å². The number of aryl methyl sites for hydroxylation is 1. The lowest BCUT2D eigenvalue weighted by molar-refractivity contribution is -0.130. The first-order chi connectivity index (χ1) is 15.0. The SMILES string of the molecule is COc1ccc(C2(c3ccc(OC)cc3)N=C(N)N(Cc3ncccc3C)C2=O)cc1. The van der Waals surface area contributed by atoms with Gasteiger partial charge in [0.15, 0.2) is 11.5 Å². The predicted molar refractivity (Wildman–Crippen MR) is 118 cm³/mol. The molecule has 0 atom stereocenters. The lowest BCUT2D eigenvalue weighted by Crippen LogP contribution is -2.43. The molecule has 0 spiro atoms. The van der Waals surface area contributed by atoms with Crippen molar-refractivity contribution in [2.75, 3.05) is 14.2 Å². The topological polar surface area (TPSA) is 90.0 Å². The molecule has 0 saturated heterocycles. The first-order valence-electron chi connectivity index (χ1n) is 9.86. The van der Waals surface area contributed by atoms with E-state index < -0.39 is 5.54 Å². The fourth-order valence-corrected chi connectivity index (χ4v) is 3.77. The number of aliphatic imine (C=N–C) groups is 1. The molecular weight excluding hydrogens is 392 g/mol. The van der Waals surface area contributed by atoms with Crippen LogP contribution >= 0.6 is 0 Å². The monoisotopic (exact) mass is 416 g/mol. The highest BCUT2D eigenvalue weighted by Gasteiger charge is 2.50. The summed E-state index contributed by atoms with van der Waals surface area (Å²) in [5, 5.41) is 0. The van der Waals surface area contributed by atoms with Crippen LogP contribution in [0.5, 0.6) is 11.5 Å². The lowest BCUT2D eigenvalue weighted by Gasteiger charge is -2.27. The summed E-state index contributed by atoms with van der Waals surface area (Å²) in [6.07, 6.45) is 1.70. The van der Waals surface area contributed by atoms with Gasteiger partial charge < -0.3 is 15.2 Å². The summed E-state index contributed by atoms with van der Waals surface area (Å²) < 4.78 is 10.6. The molecule has 1 aliphatic heterocycles. The Labute approximate surface area is 181 Å². The van der Waals surface area contributed by atoms with Crippen molar-refractivity contribution in [3.63, 3.8) is 0 Å². The van der Waals surface area contributed by atoms with E-state index in [1.807, 2.05) is 67.6 Å². The molecule has 0 fully saturated rings. The minimum Gasteiger partial charge on any atom is -0.497 e. The minimum atomic E-state index is -1.30. The second kappa shape index (κ2) is 8.10. The third-order valence-corrected chi connectivity index (χ3v) is 5.55. The molecule has 2 N–H and O–H groups in total. The maximum absolute atomic E-state index is 13.9. The number of pyridine rings is 1. The third kappa shape index (κ3) is 3.48. The molecule has 1 amide bonds. The van der Waals surface area contributed by atoms with Crippen molar-refractivity contribution in [1.82, 2.24) is 9.88 Å². The molecule has 2 heterocycles. The van der Waals surface area contributed by atoms with Crippen molar-refractivity contribution in [3.8, 4) is 11.5 Å². The smallest absolute Gasteiger partial charge is 0.266 e. The number of nitrogens with zero attached hydrogens (tertiary/aromatic N) is 3. The maximum atomic E-state index is 13.9. The van der Waals surface area contributed by atoms with Crippen LogP contribution in [-0.4, -0.2) is 36.0 Å². The number of carbonyl (C=O) groups is 1. The minimum absolute atomic E-state index is 0.154. The number of methoxy groups -OCH3 is 2. The first-order valence-corrected chi connectivity index (χ1v) is 9.86. The first kappa shape index (κ1) is 20.4. The highest BCUT2D eigenvalue weighted by molar-refractivity contribution is 6.09. The molecule has 0 aliphatic carbocycles. The quantitative estimate of drug-likeness (QED) is 0.667. The summed E-state index contributed by atoms with van der Waals surface area (Å²) in [7, 11) is 3.20. The molecule has 1 aromatic heterocycles. The lowest BCUT2D eigenvalue weighted by atomic mass is 9.82. The number of rotatable bonds is 6. The average molecular weight is 416 g/mol. The largest absolute Gasteiger partial charge is 0.497 e.